The molecule has 2 aromatic rings. The van der Waals surface area contributed by atoms with Crippen LogP contribution < -0.4 is 4.74 Å². The van der Waals surface area contributed by atoms with Gasteiger partial charge in [-0.2, -0.15) is 5.10 Å². The molecule has 3 nitrogen and oxygen atoms in total. The Morgan fingerprint density at radius 2 is 1.89 bits per heavy atom. The van der Waals surface area contributed by atoms with Crippen LogP contribution in [0.25, 0.3) is 0 Å². The molecule has 1 heterocycles. The van der Waals surface area contributed by atoms with Gasteiger partial charge in [-0.1, -0.05) is 6.07 Å². The molecule has 1 aromatic carbocycles. The van der Waals surface area contributed by atoms with Crippen LogP contribution in [0.15, 0.2) is 12.1 Å². The van der Waals surface area contributed by atoms with Crippen molar-refractivity contribution in [1.29, 1.82) is 0 Å². The quantitative estimate of drug-likeness (QED) is 0.788. The van der Waals surface area contributed by atoms with Crippen molar-refractivity contribution < 1.29 is 4.74 Å². The SMILES string of the molecule is Cc1cc(C)c(C)c(Oc2c(CCl)c(C)nn2C)c1. The predicted octanol–water partition coefficient (Wildman–Crippen LogP) is 4.18. The highest BCUT2D eigenvalue weighted by Gasteiger charge is 2.16. The molecule has 2 rings (SSSR count). The summed E-state index contributed by atoms with van der Waals surface area (Å²) in [5.41, 5.74) is 5.41. The summed E-state index contributed by atoms with van der Waals surface area (Å²) in [4.78, 5) is 0. The van der Waals surface area contributed by atoms with Crippen LogP contribution in [-0.2, 0) is 12.9 Å². The fourth-order valence-electron chi connectivity index (χ4n) is 2.17. The summed E-state index contributed by atoms with van der Waals surface area (Å²) in [7, 11) is 1.87. The second kappa shape index (κ2) is 5.25. The maximum absolute atomic E-state index is 6.06. The molecule has 102 valence electrons. The van der Waals surface area contributed by atoms with Gasteiger partial charge in [0.25, 0.3) is 0 Å². The van der Waals surface area contributed by atoms with Crippen LogP contribution in [0.4, 0.5) is 0 Å². The number of aromatic nitrogens is 2. The molecule has 0 unspecified atom stereocenters. The Kier molecular flexibility index (Phi) is 3.85. The van der Waals surface area contributed by atoms with Gasteiger partial charge >= 0.3 is 0 Å². The van der Waals surface area contributed by atoms with Crippen LogP contribution in [0.2, 0.25) is 0 Å². The smallest absolute Gasteiger partial charge is 0.222 e. The summed E-state index contributed by atoms with van der Waals surface area (Å²) < 4.78 is 7.80. The van der Waals surface area contributed by atoms with Gasteiger partial charge in [0.05, 0.1) is 17.1 Å². The first-order chi connectivity index (χ1) is 8.93. The number of hydrogen-bond acceptors (Lipinski definition) is 2. The molecular weight excluding hydrogens is 260 g/mol. The van der Waals surface area contributed by atoms with E-state index in [1.54, 1.807) is 4.68 Å². The summed E-state index contributed by atoms with van der Waals surface area (Å²) in [5, 5.41) is 4.36. The van der Waals surface area contributed by atoms with Crippen LogP contribution in [0.3, 0.4) is 0 Å². The summed E-state index contributed by atoms with van der Waals surface area (Å²) >= 11 is 5.99. The van der Waals surface area contributed by atoms with E-state index in [1.807, 2.05) is 20.0 Å². The van der Waals surface area contributed by atoms with E-state index in [-0.39, 0.29) is 0 Å². The molecule has 0 spiro atoms. The van der Waals surface area contributed by atoms with E-state index in [4.69, 9.17) is 16.3 Å². The fraction of sp³-hybridized carbons (Fsp3) is 0.400. The number of hydrogen-bond donors (Lipinski definition) is 0. The third-order valence-corrected chi connectivity index (χ3v) is 3.66. The molecule has 0 saturated carbocycles. The van der Waals surface area contributed by atoms with Crippen molar-refractivity contribution in [2.75, 3.05) is 0 Å². The van der Waals surface area contributed by atoms with Gasteiger partial charge in [0, 0.05) is 7.05 Å². The van der Waals surface area contributed by atoms with Crippen molar-refractivity contribution in [1.82, 2.24) is 9.78 Å². The van der Waals surface area contributed by atoms with Gasteiger partial charge in [0.2, 0.25) is 5.88 Å². The topological polar surface area (TPSA) is 27.1 Å². The minimum Gasteiger partial charge on any atom is -0.439 e. The minimum atomic E-state index is 0.402. The molecule has 0 bridgehead atoms. The number of nitrogens with zero attached hydrogens (tertiary/aromatic N) is 2. The summed E-state index contributed by atoms with van der Waals surface area (Å²) in [5.74, 6) is 1.99. The molecule has 0 saturated heterocycles. The predicted molar refractivity (Wildman–Crippen MR) is 78.2 cm³/mol. The molecule has 0 amide bonds. The average Bonchev–Trinajstić information content (AvgIpc) is 2.60. The van der Waals surface area contributed by atoms with Crippen molar-refractivity contribution in [2.45, 2.75) is 33.6 Å². The fourth-order valence-corrected chi connectivity index (χ4v) is 2.48. The molecule has 0 radical (unpaired) electrons. The summed E-state index contributed by atoms with van der Waals surface area (Å²) in [6.07, 6.45) is 0. The van der Waals surface area contributed by atoms with E-state index < -0.39 is 0 Å². The Hall–Kier alpha value is -1.48. The van der Waals surface area contributed by atoms with Gasteiger partial charge in [-0.3, -0.25) is 0 Å². The minimum absolute atomic E-state index is 0.402. The van der Waals surface area contributed by atoms with Crippen LogP contribution in [0.5, 0.6) is 11.6 Å². The van der Waals surface area contributed by atoms with Gasteiger partial charge in [-0.15, -0.1) is 11.6 Å². The first-order valence-corrected chi connectivity index (χ1v) is 6.81. The van der Waals surface area contributed by atoms with Gasteiger partial charge < -0.3 is 4.74 Å². The maximum atomic E-state index is 6.06. The van der Waals surface area contributed by atoms with Crippen molar-refractivity contribution in [3.05, 3.63) is 40.1 Å². The lowest BCUT2D eigenvalue weighted by Gasteiger charge is -2.13. The van der Waals surface area contributed by atoms with Gasteiger partial charge in [-0.05, 0) is 50.5 Å². The standard InChI is InChI=1S/C15H19ClN2O/c1-9-6-10(2)11(3)14(7-9)19-15-13(8-16)12(4)17-18(15)5/h6-7H,8H2,1-5H3. The van der Waals surface area contributed by atoms with Crippen LogP contribution in [0, 0.1) is 27.7 Å². The molecule has 19 heavy (non-hydrogen) atoms. The van der Waals surface area contributed by atoms with Gasteiger partial charge in [0.15, 0.2) is 0 Å². The third kappa shape index (κ3) is 2.61. The normalized spacial score (nSPS) is 10.8. The van der Waals surface area contributed by atoms with E-state index in [9.17, 15) is 0 Å². The van der Waals surface area contributed by atoms with Crippen molar-refractivity contribution in [3.63, 3.8) is 0 Å². The van der Waals surface area contributed by atoms with Crippen LogP contribution >= 0.6 is 11.6 Å². The van der Waals surface area contributed by atoms with Gasteiger partial charge in [0.1, 0.15) is 5.75 Å². The number of alkyl halides is 1. The average molecular weight is 279 g/mol. The van der Waals surface area contributed by atoms with Crippen molar-refractivity contribution >= 4 is 11.6 Å². The molecule has 4 heteroatoms. The monoisotopic (exact) mass is 278 g/mol. The first kappa shape index (κ1) is 13.9. The highest BCUT2D eigenvalue weighted by Crippen LogP contribution is 2.32. The second-order valence-corrected chi connectivity index (χ2v) is 5.20. The lowest BCUT2D eigenvalue weighted by Crippen LogP contribution is -1.99. The highest BCUT2D eigenvalue weighted by atomic mass is 35.5. The zero-order valence-electron chi connectivity index (χ0n) is 12.0. The number of halogens is 1. The van der Waals surface area contributed by atoms with Crippen LogP contribution in [-0.4, -0.2) is 9.78 Å². The Balaban J connectivity index is 2.47. The van der Waals surface area contributed by atoms with Crippen molar-refractivity contribution in [2.24, 2.45) is 7.05 Å². The second-order valence-electron chi connectivity index (χ2n) is 4.93. The number of benzene rings is 1. The van der Waals surface area contributed by atoms with Crippen molar-refractivity contribution in [3.8, 4) is 11.6 Å². The summed E-state index contributed by atoms with van der Waals surface area (Å²) in [6, 6.07) is 4.20. The molecule has 0 atom stereocenters. The highest BCUT2D eigenvalue weighted by molar-refractivity contribution is 6.17. The number of aryl methyl sites for hydroxylation is 4. The van der Waals surface area contributed by atoms with E-state index in [0.717, 1.165) is 28.5 Å². The Bertz CT molecular complexity index is 617. The zero-order valence-corrected chi connectivity index (χ0v) is 12.8. The Morgan fingerprint density at radius 3 is 2.53 bits per heavy atom. The van der Waals surface area contributed by atoms with Crippen LogP contribution in [0.1, 0.15) is 27.9 Å². The van der Waals surface area contributed by atoms with E-state index in [1.165, 1.54) is 11.1 Å². The molecule has 0 aliphatic heterocycles. The largest absolute Gasteiger partial charge is 0.439 e. The van der Waals surface area contributed by atoms with E-state index in [2.05, 4.69) is 31.9 Å². The zero-order chi connectivity index (χ0) is 14.2. The lowest BCUT2D eigenvalue weighted by molar-refractivity contribution is 0.424. The Labute approximate surface area is 119 Å². The van der Waals surface area contributed by atoms with E-state index in [0.29, 0.717) is 5.88 Å². The number of ether oxygens (including phenoxy) is 1. The third-order valence-electron chi connectivity index (χ3n) is 3.39. The molecule has 0 fully saturated rings. The molecule has 0 N–H and O–H groups in total. The molecule has 1 aromatic heterocycles. The summed E-state index contributed by atoms with van der Waals surface area (Å²) in [6.45, 7) is 8.16. The maximum Gasteiger partial charge on any atom is 0.222 e. The number of rotatable bonds is 3. The first-order valence-electron chi connectivity index (χ1n) is 6.28. The lowest BCUT2D eigenvalue weighted by atomic mass is 10.1. The molecule has 0 aliphatic carbocycles. The molecular formula is C15H19ClN2O. The Morgan fingerprint density at radius 1 is 1.21 bits per heavy atom. The van der Waals surface area contributed by atoms with E-state index >= 15 is 0 Å². The van der Waals surface area contributed by atoms with Gasteiger partial charge in [-0.25, -0.2) is 4.68 Å². The molecule has 0 aliphatic rings.